The molecule has 0 aliphatic carbocycles. The second-order valence-electron chi connectivity index (χ2n) is 5.59. The molecular formula is C21H14BrNO. The number of nitrogens with zero attached hydrogens (tertiary/aromatic N) is 1. The predicted molar refractivity (Wildman–Crippen MR) is 103 cm³/mol. The van der Waals surface area contributed by atoms with E-state index in [1.807, 2.05) is 66.7 Å². The zero-order chi connectivity index (χ0) is 16.5. The van der Waals surface area contributed by atoms with E-state index in [4.69, 9.17) is 0 Å². The Kier molecular flexibility index (Phi) is 3.79. The first-order valence-electron chi connectivity index (χ1n) is 7.70. The number of halogens is 1. The maximum Gasteiger partial charge on any atom is 0.190 e. The van der Waals surface area contributed by atoms with E-state index >= 15 is 0 Å². The lowest BCUT2D eigenvalue weighted by molar-refractivity contribution is 1.11. The molecule has 0 unspecified atom stereocenters. The third kappa shape index (κ3) is 2.57. The van der Waals surface area contributed by atoms with Crippen molar-refractivity contribution in [2.75, 3.05) is 0 Å². The minimum Gasteiger partial charge on any atom is -0.309 e. The Morgan fingerprint density at radius 2 is 1.42 bits per heavy atom. The number of fused-ring (bicyclic) bond motifs is 1. The van der Waals surface area contributed by atoms with Crippen molar-refractivity contribution in [2.24, 2.45) is 0 Å². The van der Waals surface area contributed by atoms with Crippen LogP contribution in [0.2, 0.25) is 0 Å². The fourth-order valence-corrected chi connectivity index (χ4v) is 3.33. The van der Waals surface area contributed by atoms with E-state index in [-0.39, 0.29) is 5.43 Å². The van der Waals surface area contributed by atoms with E-state index < -0.39 is 0 Å². The molecular weight excluding hydrogens is 362 g/mol. The molecule has 4 aromatic rings. The summed E-state index contributed by atoms with van der Waals surface area (Å²) in [6.45, 7) is 0. The second kappa shape index (κ2) is 6.10. The van der Waals surface area contributed by atoms with Crippen molar-refractivity contribution in [3.8, 4) is 16.9 Å². The van der Waals surface area contributed by atoms with Crippen LogP contribution < -0.4 is 5.43 Å². The van der Waals surface area contributed by atoms with Crippen LogP contribution in [0.4, 0.5) is 0 Å². The van der Waals surface area contributed by atoms with Gasteiger partial charge in [-0.05, 0) is 35.9 Å². The number of pyridine rings is 1. The number of benzene rings is 3. The lowest BCUT2D eigenvalue weighted by Crippen LogP contribution is -2.10. The van der Waals surface area contributed by atoms with Crippen molar-refractivity contribution < 1.29 is 0 Å². The Hall–Kier alpha value is -2.65. The fourth-order valence-electron chi connectivity index (χ4n) is 2.97. The maximum atomic E-state index is 12.7. The number of aromatic nitrogens is 1. The number of hydrogen-bond donors (Lipinski definition) is 0. The number of para-hydroxylation sites is 1. The molecule has 0 radical (unpaired) electrons. The van der Waals surface area contributed by atoms with Crippen molar-refractivity contribution in [2.45, 2.75) is 0 Å². The summed E-state index contributed by atoms with van der Waals surface area (Å²) in [7, 11) is 0. The van der Waals surface area contributed by atoms with Crippen LogP contribution in [0.15, 0.2) is 94.2 Å². The van der Waals surface area contributed by atoms with Crippen molar-refractivity contribution in [1.29, 1.82) is 0 Å². The molecule has 2 nitrogen and oxygen atoms in total. The summed E-state index contributed by atoms with van der Waals surface area (Å²) in [5.74, 6) is 0. The van der Waals surface area contributed by atoms with E-state index in [1.165, 1.54) is 0 Å². The van der Waals surface area contributed by atoms with Crippen molar-refractivity contribution >= 4 is 26.8 Å². The van der Waals surface area contributed by atoms with Crippen LogP contribution in [0.1, 0.15) is 0 Å². The minimum atomic E-state index is 0.0253. The SMILES string of the molecule is O=c1cc(-c2ccccc2)n(-c2ccccc2)c2ccc(Br)cc12. The third-order valence-corrected chi connectivity index (χ3v) is 4.55. The first-order valence-corrected chi connectivity index (χ1v) is 8.49. The van der Waals surface area contributed by atoms with Crippen molar-refractivity contribution in [3.05, 3.63) is 99.6 Å². The maximum absolute atomic E-state index is 12.7. The normalized spacial score (nSPS) is 10.9. The first kappa shape index (κ1) is 14.9. The zero-order valence-electron chi connectivity index (χ0n) is 12.8. The summed E-state index contributed by atoms with van der Waals surface area (Å²) in [6, 6.07) is 27.7. The topological polar surface area (TPSA) is 22.0 Å². The molecule has 1 heterocycles. The molecule has 0 bridgehead atoms. The standard InChI is InChI=1S/C21H14BrNO/c22-16-11-12-19-18(13-16)21(24)14-20(15-7-3-1-4-8-15)23(19)17-9-5-2-6-10-17/h1-14H. The quantitative estimate of drug-likeness (QED) is 0.458. The van der Waals surface area contributed by atoms with Gasteiger partial charge >= 0.3 is 0 Å². The summed E-state index contributed by atoms with van der Waals surface area (Å²) >= 11 is 3.46. The average Bonchev–Trinajstić information content (AvgIpc) is 2.63. The molecule has 0 atom stereocenters. The molecule has 4 rings (SSSR count). The van der Waals surface area contributed by atoms with Gasteiger partial charge < -0.3 is 4.57 Å². The lowest BCUT2D eigenvalue weighted by atomic mass is 10.1. The highest BCUT2D eigenvalue weighted by Crippen LogP contribution is 2.28. The lowest BCUT2D eigenvalue weighted by Gasteiger charge is -2.17. The molecule has 0 amide bonds. The van der Waals surface area contributed by atoms with E-state index in [9.17, 15) is 4.79 Å². The number of hydrogen-bond acceptors (Lipinski definition) is 1. The Bertz CT molecular complexity index is 1070. The molecule has 0 aliphatic heterocycles. The van der Waals surface area contributed by atoms with Gasteiger partial charge in [0.15, 0.2) is 5.43 Å². The van der Waals surface area contributed by atoms with Gasteiger partial charge in [-0.3, -0.25) is 4.79 Å². The molecule has 0 spiro atoms. The van der Waals surface area contributed by atoms with Crippen LogP contribution in [-0.2, 0) is 0 Å². The summed E-state index contributed by atoms with van der Waals surface area (Å²) in [4.78, 5) is 12.7. The molecule has 0 fully saturated rings. The summed E-state index contributed by atoms with van der Waals surface area (Å²) in [5.41, 5.74) is 3.86. The molecule has 1 aromatic heterocycles. The van der Waals surface area contributed by atoms with Crippen LogP contribution in [0.25, 0.3) is 27.8 Å². The Morgan fingerprint density at radius 1 is 0.750 bits per heavy atom. The van der Waals surface area contributed by atoms with Crippen LogP contribution in [0, 0.1) is 0 Å². The van der Waals surface area contributed by atoms with Gasteiger partial charge in [-0.1, -0.05) is 64.5 Å². The smallest absolute Gasteiger partial charge is 0.190 e. The third-order valence-electron chi connectivity index (χ3n) is 4.06. The van der Waals surface area contributed by atoms with Crippen LogP contribution in [0.5, 0.6) is 0 Å². The van der Waals surface area contributed by atoms with Gasteiger partial charge in [0.1, 0.15) is 0 Å². The van der Waals surface area contributed by atoms with Gasteiger partial charge in [-0.15, -0.1) is 0 Å². The second-order valence-corrected chi connectivity index (χ2v) is 6.51. The van der Waals surface area contributed by atoms with Crippen LogP contribution in [0.3, 0.4) is 0 Å². The molecule has 0 saturated carbocycles. The summed E-state index contributed by atoms with van der Waals surface area (Å²) < 4.78 is 3.04. The average molecular weight is 376 g/mol. The largest absolute Gasteiger partial charge is 0.309 e. The Balaban J connectivity index is 2.16. The Morgan fingerprint density at radius 3 is 2.12 bits per heavy atom. The zero-order valence-corrected chi connectivity index (χ0v) is 14.4. The van der Waals surface area contributed by atoms with E-state index in [1.54, 1.807) is 6.07 Å². The van der Waals surface area contributed by atoms with E-state index in [0.717, 1.165) is 26.9 Å². The van der Waals surface area contributed by atoms with Gasteiger partial charge in [0, 0.05) is 21.6 Å². The van der Waals surface area contributed by atoms with Gasteiger partial charge in [0.25, 0.3) is 0 Å². The molecule has 24 heavy (non-hydrogen) atoms. The minimum absolute atomic E-state index is 0.0253. The Labute approximate surface area is 148 Å². The summed E-state index contributed by atoms with van der Waals surface area (Å²) in [6.07, 6.45) is 0. The van der Waals surface area contributed by atoms with Gasteiger partial charge in [0.2, 0.25) is 0 Å². The molecule has 3 heteroatoms. The van der Waals surface area contributed by atoms with Crippen LogP contribution >= 0.6 is 15.9 Å². The molecule has 0 aliphatic rings. The first-order chi connectivity index (χ1) is 11.7. The van der Waals surface area contributed by atoms with E-state index in [2.05, 4.69) is 32.6 Å². The van der Waals surface area contributed by atoms with Crippen LogP contribution in [-0.4, -0.2) is 4.57 Å². The molecule has 0 saturated heterocycles. The summed E-state index contributed by atoms with van der Waals surface area (Å²) in [5, 5.41) is 0.702. The van der Waals surface area contributed by atoms with Gasteiger partial charge in [0.05, 0.1) is 11.2 Å². The van der Waals surface area contributed by atoms with Crippen molar-refractivity contribution in [3.63, 3.8) is 0 Å². The number of rotatable bonds is 2. The fraction of sp³-hybridized carbons (Fsp3) is 0. The molecule has 0 N–H and O–H groups in total. The van der Waals surface area contributed by atoms with Gasteiger partial charge in [-0.25, -0.2) is 0 Å². The molecule has 3 aromatic carbocycles. The predicted octanol–water partition coefficient (Wildman–Crippen LogP) is 5.42. The monoisotopic (exact) mass is 375 g/mol. The van der Waals surface area contributed by atoms with Crippen molar-refractivity contribution in [1.82, 2.24) is 4.57 Å². The van der Waals surface area contributed by atoms with Gasteiger partial charge in [-0.2, -0.15) is 0 Å². The highest BCUT2D eigenvalue weighted by atomic mass is 79.9. The van der Waals surface area contributed by atoms with E-state index in [0.29, 0.717) is 5.39 Å². The molecule has 116 valence electrons. The highest BCUT2D eigenvalue weighted by Gasteiger charge is 2.12. The highest BCUT2D eigenvalue weighted by molar-refractivity contribution is 9.10.